The molecule has 0 bridgehead atoms. The highest BCUT2D eigenvalue weighted by Gasteiger charge is 2.27. The highest BCUT2D eigenvalue weighted by atomic mass is 32.2. The number of ether oxygens (including phenoxy) is 1. The van der Waals surface area contributed by atoms with Crippen molar-refractivity contribution in [3.05, 3.63) is 83.9 Å². The van der Waals surface area contributed by atoms with Crippen LogP contribution in [0.1, 0.15) is 17.5 Å². The van der Waals surface area contributed by atoms with Gasteiger partial charge in [-0.1, -0.05) is 35.4 Å². The van der Waals surface area contributed by atoms with Gasteiger partial charge < -0.3 is 10.1 Å². The van der Waals surface area contributed by atoms with Crippen LogP contribution in [0.2, 0.25) is 0 Å². The van der Waals surface area contributed by atoms with E-state index in [9.17, 15) is 13.2 Å². The number of amides is 1. The number of benzene rings is 3. The van der Waals surface area contributed by atoms with Crippen LogP contribution < -0.4 is 14.4 Å². The summed E-state index contributed by atoms with van der Waals surface area (Å²) in [6.07, 6.45) is 0.775. The molecule has 180 valence electrons. The van der Waals surface area contributed by atoms with Crippen molar-refractivity contribution in [3.8, 4) is 5.75 Å². The predicted octanol–water partition coefficient (Wildman–Crippen LogP) is 4.81. The number of aryl methyl sites for hydroxylation is 2. The Morgan fingerprint density at radius 3 is 2.09 bits per heavy atom. The monoisotopic (exact) mass is 498 g/mol. The minimum absolute atomic E-state index is 0.135. The molecule has 8 heteroatoms. The van der Waals surface area contributed by atoms with Gasteiger partial charge in [-0.15, -0.1) is 11.8 Å². The van der Waals surface area contributed by atoms with Gasteiger partial charge in [0.2, 0.25) is 5.91 Å². The Morgan fingerprint density at radius 1 is 0.912 bits per heavy atom. The van der Waals surface area contributed by atoms with E-state index in [0.29, 0.717) is 18.0 Å². The number of thioether (sulfide) groups is 1. The molecular weight excluding hydrogens is 468 g/mol. The Labute approximate surface area is 206 Å². The second-order valence-electron chi connectivity index (χ2n) is 7.89. The molecule has 0 aliphatic rings. The highest BCUT2D eigenvalue weighted by molar-refractivity contribution is 7.99. The third-order valence-corrected chi connectivity index (χ3v) is 8.08. The van der Waals surface area contributed by atoms with Crippen molar-refractivity contribution in [1.29, 1.82) is 0 Å². The molecule has 0 fully saturated rings. The zero-order valence-corrected chi connectivity index (χ0v) is 21.3. The number of hydrogen-bond donors (Lipinski definition) is 1. The molecule has 0 aliphatic heterocycles. The molecule has 0 saturated heterocycles. The van der Waals surface area contributed by atoms with Crippen molar-refractivity contribution in [2.75, 3.05) is 30.3 Å². The number of hydrogen-bond acceptors (Lipinski definition) is 5. The van der Waals surface area contributed by atoms with E-state index in [1.807, 2.05) is 6.92 Å². The summed E-state index contributed by atoms with van der Waals surface area (Å²) in [5.41, 5.74) is 2.57. The molecule has 3 aromatic rings. The van der Waals surface area contributed by atoms with Gasteiger partial charge in [0.25, 0.3) is 10.0 Å². The Hall–Kier alpha value is -2.97. The van der Waals surface area contributed by atoms with E-state index in [4.69, 9.17) is 4.74 Å². The second kappa shape index (κ2) is 11.9. The summed E-state index contributed by atoms with van der Waals surface area (Å²) in [6.45, 7) is 4.10. The summed E-state index contributed by atoms with van der Waals surface area (Å²) >= 11 is 1.73. The minimum atomic E-state index is -3.93. The molecule has 3 rings (SSSR count). The number of carbonyl (C=O) groups is 1. The molecule has 34 heavy (non-hydrogen) atoms. The molecule has 0 unspecified atom stereocenters. The quantitative estimate of drug-likeness (QED) is 0.303. The first-order valence-electron chi connectivity index (χ1n) is 11.0. The van der Waals surface area contributed by atoms with Gasteiger partial charge in [0.15, 0.2) is 0 Å². The van der Waals surface area contributed by atoms with Gasteiger partial charge in [0, 0.05) is 11.4 Å². The number of nitrogens with one attached hydrogen (secondary N) is 1. The van der Waals surface area contributed by atoms with Gasteiger partial charge in [0.1, 0.15) is 12.3 Å². The summed E-state index contributed by atoms with van der Waals surface area (Å²) in [5.74, 6) is 1.10. The third-order valence-electron chi connectivity index (χ3n) is 5.19. The number of anilines is 1. The number of methoxy groups -OCH3 is 1. The van der Waals surface area contributed by atoms with Gasteiger partial charge in [-0.3, -0.25) is 9.10 Å². The van der Waals surface area contributed by atoms with Crippen molar-refractivity contribution in [2.45, 2.75) is 30.1 Å². The van der Waals surface area contributed by atoms with Crippen molar-refractivity contribution < 1.29 is 17.9 Å². The standard InChI is InChI=1S/C26H30N2O4S2/c1-20-5-13-24(14-6-20)33-18-4-17-27-26(29)19-28(22-9-11-23(32-3)12-10-22)34(30,31)25-15-7-21(2)8-16-25/h5-16H,4,17-19H2,1-3H3,(H,27,29). The lowest BCUT2D eigenvalue weighted by Crippen LogP contribution is -2.41. The Balaban J connectivity index is 1.65. The first kappa shape index (κ1) is 25.6. The van der Waals surface area contributed by atoms with E-state index in [0.717, 1.165) is 22.0 Å². The van der Waals surface area contributed by atoms with Crippen molar-refractivity contribution in [2.24, 2.45) is 0 Å². The van der Waals surface area contributed by atoms with E-state index in [2.05, 4.69) is 36.5 Å². The van der Waals surface area contributed by atoms with Crippen molar-refractivity contribution in [3.63, 3.8) is 0 Å². The van der Waals surface area contributed by atoms with Crippen LogP contribution >= 0.6 is 11.8 Å². The molecule has 1 amide bonds. The predicted molar refractivity (Wildman–Crippen MR) is 138 cm³/mol. The van der Waals surface area contributed by atoms with Crippen LogP contribution in [-0.4, -0.2) is 40.3 Å². The molecule has 0 heterocycles. The Kier molecular flexibility index (Phi) is 9.01. The van der Waals surface area contributed by atoms with E-state index >= 15 is 0 Å². The van der Waals surface area contributed by atoms with Crippen LogP contribution in [0.5, 0.6) is 5.75 Å². The highest BCUT2D eigenvalue weighted by Crippen LogP contribution is 2.26. The average Bonchev–Trinajstić information content (AvgIpc) is 2.84. The summed E-state index contributed by atoms with van der Waals surface area (Å²) in [4.78, 5) is 14.0. The smallest absolute Gasteiger partial charge is 0.264 e. The van der Waals surface area contributed by atoms with Crippen LogP contribution in [0, 0.1) is 13.8 Å². The summed E-state index contributed by atoms with van der Waals surface area (Å²) < 4.78 is 33.1. The van der Waals surface area contributed by atoms with Gasteiger partial charge in [0.05, 0.1) is 17.7 Å². The van der Waals surface area contributed by atoms with E-state index in [-0.39, 0.29) is 17.3 Å². The fourth-order valence-electron chi connectivity index (χ4n) is 3.21. The number of carbonyl (C=O) groups excluding carboxylic acids is 1. The van der Waals surface area contributed by atoms with Crippen LogP contribution in [0.3, 0.4) is 0 Å². The molecule has 0 radical (unpaired) electrons. The topological polar surface area (TPSA) is 75.7 Å². The minimum Gasteiger partial charge on any atom is -0.497 e. The summed E-state index contributed by atoms with van der Waals surface area (Å²) in [6, 6.07) is 21.5. The SMILES string of the molecule is COc1ccc(N(CC(=O)NCCCSc2ccc(C)cc2)S(=O)(=O)c2ccc(C)cc2)cc1. The molecule has 0 spiro atoms. The van der Waals surface area contributed by atoms with Crippen LogP contribution in [-0.2, 0) is 14.8 Å². The molecule has 0 aliphatic carbocycles. The molecule has 1 N–H and O–H groups in total. The average molecular weight is 499 g/mol. The molecular formula is C26H30N2O4S2. The van der Waals surface area contributed by atoms with Crippen molar-refractivity contribution in [1.82, 2.24) is 5.32 Å². The first-order valence-corrected chi connectivity index (χ1v) is 13.4. The molecule has 6 nitrogen and oxygen atoms in total. The fraction of sp³-hybridized carbons (Fsp3) is 0.269. The number of sulfonamides is 1. The normalized spacial score (nSPS) is 11.1. The maximum atomic E-state index is 13.4. The van der Waals surface area contributed by atoms with Crippen LogP contribution in [0.4, 0.5) is 5.69 Å². The summed E-state index contributed by atoms with van der Waals surface area (Å²) in [7, 11) is -2.39. The van der Waals surface area contributed by atoms with Crippen LogP contribution in [0.25, 0.3) is 0 Å². The lowest BCUT2D eigenvalue weighted by molar-refractivity contribution is -0.119. The third kappa shape index (κ3) is 7.01. The lowest BCUT2D eigenvalue weighted by Gasteiger charge is -2.24. The lowest BCUT2D eigenvalue weighted by atomic mass is 10.2. The van der Waals surface area contributed by atoms with Gasteiger partial charge >= 0.3 is 0 Å². The number of nitrogens with zero attached hydrogens (tertiary/aromatic N) is 1. The fourth-order valence-corrected chi connectivity index (χ4v) is 5.49. The number of rotatable bonds is 11. The largest absolute Gasteiger partial charge is 0.497 e. The van der Waals surface area contributed by atoms with E-state index in [1.165, 1.54) is 10.5 Å². The second-order valence-corrected chi connectivity index (χ2v) is 10.9. The first-order chi connectivity index (χ1) is 16.3. The Bertz CT molecular complexity index is 1180. The maximum absolute atomic E-state index is 13.4. The zero-order valence-electron chi connectivity index (χ0n) is 19.7. The van der Waals surface area contributed by atoms with E-state index < -0.39 is 10.0 Å². The Morgan fingerprint density at radius 2 is 1.50 bits per heavy atom. The van der Waals surface area contributed by atoms with Gasteiger partial charge in [-0.25, -0.2) is 8.42 Å². The molecule has 0 aromatic heterocycles. The zero-order chi connectivity index (χ0) is 24.6. The molecule has 0 atom stereocenters. The molecule has 0 saturated carbocycles. The van der Waals surface area contributed by atoms with Crippen LogP contribution in [0.15, 0.2) is 82.6 Å². The van der Waals surface area contributed by atoms with Gasteiger partial charge in [-0.2, -0.15) is 0 Å². The van der Waals surface area contributed by atoms with Gasteiger partial charge in [-0.05, 0) is 74.6 Å². The molecule has 3 aromatic carbocycles. The maximum Gasteiger partial charge on any atom is 0.264 e. The van der Waals surface area contributed by atoms with E-state index in [1.54, 1.807) is 67.4 Å². The summed E-state index contributed by atoms with van der Waals surface area (Å²) in [5, 5.41) is 2.85. The van der Waals surface area contributed by atoms with Crippen molar-refractivity contribution >= 4 is 33.4 Å².